The molecule has 88 valence electrons. The van der Waals surface area contributed by atoms with E-state index in [1.807, 2.05) is 0 Å². The van der Waals surface area contributed by atoms with Crippen molar-refractivity contribution in [1.82, 2.24) is 5.32 Å². The fourth-order valence-corrected chi connectivity index (χ4v) is 2.14. The third-order valence-electron chi connectivity index (χ3n) is 2.99. The molecule has 0 fully saturated rings. The van der Waals surface area contributed by atoms with Crippen LogP contribution in [-0.4, -0.2) is 29.5 Å². The molecule has 3 N–H and O–H groups in total. The van der Waals surface area contributed by atoms with Gasteiger partial charge in [-0.05, 0) is 36.1 Å². The highest BCUT2D eigenvalue weighted by Crippen LogP contribution is 2.31. The van der Waals surface area contributed by atoms with Crippen LogP contribution in [-0.2, 0) is 6.42 Å². The van der Waals surface area contributed by atoms with Crippen LogP contribution in [0.3, 0.4) is 0 Å². The third-order valence-corrected chi connectivity index (χ3v) is 2.99. The molecule has 1 aromatic rings. The van der Waals surface area contributed by atoms with E-state index >= 15 is 0 Å². The van der Waals surface area contributed by atoms with Crippen molar-refractivity contribution in [1.29, 1.82) is 0 Å². The summed E-state index contributed by atoms with van der Waals surface area (Å²) in [7, 11) is 0. The van der Waals surface area contributed by atoms with Gasteiger partial charge >= 0.3 is 0 Å². The lowest BCUT2D eigenvalue weighted by Gasteiger charge is -2.16. The molecule has 1 aromatic carbocycles. The lowest BCUT2D eigenvalue weighted by atomic mass is 10.1. The molecule has 0 saturated carbocycles. The molecular formula is C12H16FNO2. The molecule has 2 atom stereocenters. The highest BCUT2D eigenvalue weighted by atomic mass is 19.1. The zero-order valence-corrected chi connectivity index (χ0v) is 8.99. The second-order valence-corrected chi connectivity index (χ2v) is 4.18. The molecule has 2 rings (SSSR count). The van der Waals surface area contributed by atoms with Gasteiger partial charge in [0.1, 0.15) is 5.82 Å². The van der Waals surface area contributed by atoms with Gasteiger partial charge in [0, 0.05) is 12.6 Å². The number of aryl methyl sites for hydroxylation is 1. The van der Waals surface area contributed by atoms with E-state index in [0.29, 0.717) is 6.54 Å². The van der Waals surface area contributed by atoms with Crippen molar-refractivity contribution in [3.05, 3.63) is 35.1 Å². The topological polar surface area (TPSA) is 52.5 Å². The average Bonchev–Trinajstić information content (AvgIpc) is 2.68. The lowest BCUT2D eigenvalue weighted by molar-refractivity contribution is 0.0919. The van der Waals surface area contributed by atoms with Gasteiger partial charge in [-0.15, -0.1) is 0 Å². The molecule has 3 nitrogen and oxygen atoms in total. The molecule has 0 amide bonds. The summed E-state index contributed by atoms with van der Waals surface area (Å²) in [6.07, 6.45) is 1.04. The third kappa shape index (κ3) is 2.40. The fraction of sp³-hybridized carbons (Fsp3) is 0.500. The van der Waals surface area contributed by atoms with Gasteiger partial charge in [0.15, 0.2) is 0 Å². The minimum absolute atomic E-state index is 0.164. The highest BCUT2D eigenvalue weighted by Gasteiger charge is 2.22. The Balaban J connectivity index is 2.01. The molecule has 0 saturated heterocycles. The quantitative estimate of drug-likeness (QED) is 0.709. The number of rotatable bonds is 4. The van der Waals surface area contributed by atoms with E-state index in [2.05, 4.69) is 5.32 Å². The Morgan fingerprint density at radius 3 is 3.06 bits per heavy atom. The van der Waals surface area contributed by atoms with Crippen molar-refractivity contribution in [2.45, 2.75) is 25.0 Å². The summed E-state index contributed by atoms with van der Waals surface area (Å²) in [5, 5.41) is 21.1. The summed E-state index contributed by atoms with van der Waals surface area (Å²) >= 11 is 0. The Labute approximate surface area is 93.9 Å². The van der Waals surface area contributed by atoms with Crippen molar-refractivity contribution < 1.29 is 14.6 Å². The molecular weight excluding hydrogens is 209 g/mol. The van der Waals surface area contributed by atoms with Gasteiger partial charge in [0.2, 0.25) is 0 Å². The first-order valence-electron chi connectivity index (χ1n) is 5.51. The molecule has 16 heavy (non-hydrogen) atoms. The van der Waals surface area contributed by atoms with Gasteiger partial charge in [-0.3, -0.25) is 0 Å². The van der Waals surface area contributed by atoms with E-state index in [4.69, 9.17) is 5.11 Å². The van der Waals surface area contributed by atoms with E-state index in [1.54, 1.807) is 12.1 Å². The number of aliphatic hydroxyl groups excluding tert-OH is 2. The first-order valence-corrected chi connectivity index (χ1v) is 5.51. The number of nitrogens with one attached hydrogen (secondary N) is 1. The maximum atomic E-state index is 13.0. The molecule has 0 aromatic heterocycles. The minimum atomic E-state index is -0.732. The highest BCUT2D eigenvalue weighted by molar-refractivity contribution is 5.34. The van der Waals surface area contributed by atoms with Crippen molar-refractivity contribution in [2.75, 3.05) is 13.2 Å². The first-order chi connectivity index (χ1) is 7.70. The number of halogens is 1. The Morgan fingerprint density at radius 2 is 2.31 bits per heavy atom. The Hall–Kier alpha value is -0.970. The predicted molar refractivity (Wildman–Crippen MR) is 58.6 cm³/mol. The summed E-state index contributed by atoms with van der Waals surface area (Å²) in [5.41, 5.74) is 2.14. The smallest absolute Gasteiger partial charge is 0.123 e. The number of fused-ring (bicyclic) bond motifs is 1. The molecule has 0 aliphatic heterocycles. The van der Waals surface area contributed by atoms with Crippen LogP contribution >= 0.6 is 0 Å². The largest absolute Gasteiger partial charge is 0.394 e. The van der Waals surface area contributed by atoms with Gasteiger partial charge in [0.05, 0.1) is 12.7 Å². The van der Waals surface area contributed by atoms with Gasteiger partial charge in [-0.1, -0.05) is 6.07 Å². The van der Waals surface area contributed by atoms with E-state index < -0.39 is 6.10 Å². The normalized spacial score (nSPS) is 20.8. The maximum absolute atomic E-state index is 13.0. The van der Waals surface area contributed by atoms with Crippen molar-refractivity contribution >= 4 is 0 Å². The summed E-state index contributed by atoms with van der Waals surface area (Å²) in [6, 6.07) is 4.98. The molecule has 0 radical (unpaired) electrons. The molecule has 0 bridgehead atoms. The second-order valence-electron chi connectivity index (χ2n) is 4.18. The molecule has 0 spiro atoms. The van der Waals surface area contributed by atoms with Crippen LogP contribution < -0.4 is 5.32 Å². The van der Waals surface area contributed by atoms with E-state index in [1.165, 1.54) is 6.07 Å². The summed E-state index contributed by atoms with van der Waals surface area (Å²) < 4.78 is 13.0. The number of aliphatic hydroxyl groups is 2. The first kappa shape index (κ1) is 11.5. The Kier molecular flexibility index (Phi) is 3.53. The van der Waals surface area contributed by atoms with Gasteiger partial charge in [-0.2, -0.15) is 0 Å². The van der Waals surface area contributed by atoms with Gasteiger partial charge in [-0.25, -0.2) is 4.39 Å². The molecule has 1 aliphatic carbocycles. The number of benzene rings is 1. The van der Waals surface area contributed by atoms with Crippen LogP contribution in [0.4, 0.5) is 4.39 Å². The minimum Gasteiger partial charge on any atom is -0.394 e. The van der Waals surface area contributed by atoms with Crippen molar-refractivity contribution in [3.63, 3.8) is 0 Å². The molecule has 1 aliphatic rings. The molecule has 0 heterocycles. The van der Waals surface area contributed by atoms with Gasteiger partial charge < -0.3 is 15.5 Å². The summed E-state index contributed by atoms with van der Waals surface area (Å²) in [4.78, 5) is 0. The standard InChI is InChI=1S/C12H16FNO2/c13-9-2-3-11-8(5-9)1-4-12(11)14-6-10(16)7-15/h2-3,5,10,12,14-16H,1,4,6-7H2. The van der Waals surface area contributed by atoms with Crippen molar-refractivity contribution in [2.24, 2.45) is 0 Å². The predicted octanol–water partition coefficient (Wildman–Crippen LogP) is 0.756. The van der Waals surface area contributed by atoms with Crippen LogP contribution in [0.25, 0.3) is 0 Å². The Bertz CT molecular complexity index is 370. The van der Waals surface area contributed by atoms with Crippen LogP contribution in [0.15, 0.2) is 18.2 Å². The SMILES string of the molecule is OCC(O)CNC1CCc2cc(F)ccc21. The van der Waals surface area contributed by atoms with Crippen molar-refractivity contribution in [3.8, 4) is 0 Å². The maximum Gasteiger partial charge on any atom is 0.123 e. The monoisotopic (exact) mass is 225 g/mol. The van der Waals surface area contributed by atoms with Gasteiger partial charge in [0.25, 0.3) is 0 Å². The second kappa shape index (κ2) is 4.91. The van der Waals surface area contributed by atoms with Crippen LogP contribution in [0, 0.1) is 5.82 Å². The summed E-state index contributed by atoms with van der Waals surface area (Å²) in [6.45, 7) is 0.119. The van der Waals surface area contributed by atoms with Crippen LogP contribution in [0.1, 0.15) is 23.6 Å². The zero-order valence-electron chi connectivity index (χ0n) is 8.99. The number of hydrogen-bond acceptors (Lipinski definition) is 3. The summed E-state index contributed by atoms with van der Waals surface area (Å²) in [5.74, 6) is -0.199. The van der Waals surface area contributed by atoms with E-state index in [9.17, 15) is 9.50 Å². The molecule has 4 heteroatoms. The zero-order chi connectivity index (χ0) is 11.5. The average molecular weight is 225 g/mol. The Morgan fingerprint density at radius 1 is 1.50 bits per heavy atom. The van der Waals surface area contributed by atoms with E-state index in [0.717, 1.165) is 24.0 Å². The van der Waals surface area contributed by atoms with E-state index in [-0.39, 0.29) is 18.5 Å². The molecule has 2 unspecified atom stereocenters. The van der Waals surface area contributed by atoms with Crippen LogP contribution in [0.2, 0.25) is 0 Å². The lowest BCUT2D eigenvalue weighted by Crippen LogP contribution is -2.31. The number of hydrogen-bond donors (Lipinski definition) is 3. The van der Waals surface area contributed by atoms with Crippen LogP contribution in [0.5, 0.6) is 0 Å². The fourth-order valence-electron chi connectivity index (χ4n) is 2.14.